The second-order valence-electron chi connectivity index (χ2n) is 3.97. The maximum absolute atomic E-state index is 11.5. The van der Waals surface area contributed by atoms with Crippen molar-refractivity contribution in [1.82, 2.24) is 5.06 Å². The Labute approximate surface area is 86.0 Å². The van der Waals surface area contributed by atoms with Crippen LogP contribution < -0.4 is 0 Å². The van der Waals surface area contributed by atoms with Crippen molar-refractivity contribution in [3.05, 3.63) is 0 Å². The van der Waals surface area contributed by atoms with Gasteiger partial charge in [-0.05, 0) is 0 Å². The van der Waals surface area contributed by atoms with E-state index in [0.717, 1.165) is 6.42 Å². The zero-order valence-corrected chi connectivity index (χ0v) is 8.21. The summed E-state index contributed by atoms with van der Waals surface area (Å²) >= 11 is 0. The van der Waals surface area contributed by atoms with Crippen LogP contribution in [0.4, 0.5) is 0 Å². The fourth-order valence-corrected chi connectivity index (χ4v) is 2.61. The lowest BCUT2D eigenvalue weighted by Gasteiger charge is -2.13. The maximum atomic E-state index is 11.5. The average molecular weight is 213 g/mol. The van der Waals surface area contributed by atoms with Gasteiger partial charge in [0.25, 0.3) is 0 Å². The predicted molar refractivity (Wildman–Crippen MR) is 45.4 cm³/mol. The van der Waals surface area contributed by atoms with Gasteiger partial charge in [0.2, 0.25) is 0 Å². The molecule has 0 aliphatic carbocycles. The van der Waals surface area contributed by atoms with Gasteiger partial charge in [-0.25, -0.2) is 4.79 Å². The maximum Gasteiger partial charge on any atom is 0.338 e. The predicted octanol–water partition coefficient (Wildman–Crippen LogP) is -0.911. The molecule has 0 radical (unpaired) electrons. The van der Waals surface area contributed by atoms with E-state index in [1.165, 1.54) is 7.11 Å². The highest BCUT2D eigenvalue weighted by molar-refractivity contribution is 5.86. The Kier molecular flexibility index (Phi) is 1.78. The van der Waals surface area contributed by atoms with E-state index in [2.05, 4.69) is 4.74 Å². The van der Waals surface area contributed by atoms with Crippen LogP contribution in [0.3, 0.4) is 0 Å². The molecule has 0 aromatic rings. The first-order valence-electron chi connectivity index (χ1n) is 4.94. The van der Waals surface area contributed by atoms with Crippen LogP contribution >= 0.6 is 0 Å². The molecule has 6 nitrogen and oxygen atoms in total. The molecule has 4 atom stereocenters. The number of carbonyl (C=O) groups excluding carboxylic acids is 2. The molecule has 3 heterocycles. The Morgan fingerprint density at radius 3 is 3.13 bits per heavy atom. The number of hydrogen-bond donors (Lipinski definition) is 0. The van der Waals surface area contributed by atoms with Crippen molar-refractivity contribution in [3.8, 4) is 0 Å². The first-order valence-corrected chi connectivity index (χ1v) is 4.94. The van der Waals surface area contributed by atoms with Crippen molar-refractivity contribution >= 4 is 11.9 Å². The first kappa shape index (κ1) is 9.11. The number of hydrogen-bond acceptors (Lipinski definition) is 6. The molecule has 15 heavy (non-hydrogen) atoms. The summed E-state index contributed by atoms with van der Waals surface area (Å²) in [6, 6.07) is -0.0957. The highest BCUT2D eigenvalue weighted by Crippen LogP contribution is 2.42. The van der Waals surface area contributed by atoms with Crippen LogP contribution in [-0.2, 0) is 23.9 Å². The number of nitrogens with zero attached hydrogens (tertiary/aromatic N) is 1. The Morgan fingerprint density at radius 2 is 2.40 bits per heavy atom. The van der Waals surface area contributed by atoms with Crippen LogP contribution in [0.2, 0.25) is 0 Å². The van der Waals surface area contributed by atoms with Crippen molar-refractivity contribution in [2.75, 3.05) is 13.7 Å². The van der Waals surface area contributed by atoms with Crippen LogP contribution in [0, 0.1) is 5.92 Å². The molecule has 0 saturated carbocycles. The van der Waals surface area contributed by atoms with Gasteiger partial charge < -0.3 is 9.47 Å². The monoisotopic (exact) mass is 213 g/mol. The van der Waals surface area contributed by atoms with E-state index in [-0.39, 0.29) is 18.1 Å². The Balaban J connectivity index is 1.91. The Hall–Kier alpha value is -1.14. The quantitative estimate of drug-likeness (QED) is 0.525. The largest absolute Gasteiger partial charge is 0.467 e. The first-order chi connectivity index (χ1) is 7.22. The molecule has 3 saturated heterocycles. The lowest BCUT2D eigenvalue weighted by Crippen LogP contribution is -2.34. The van der Waals surface area contributed by atoms with Crippen molar-refractivity contribution in [1.29, 1.82) is 0 Å². The van der Waals surface area contributed by atoms with Crippen LogP contribution in [0.25, 0.3) is 0 Å². The van der Waals surface area contributed by atoms with Crippen LogP contribution in [0.5, 0.6) is 0 Å². The molecule has 3 fully saturated rings. The van der Waals surface area contributed by atoms with Crippen molar-refractivity contribution in [2.45, 2.75) is 24.7 Å². The summed E-state index contributed by atoms with van der Waals surface area (Å²) in [5, 5.41) is 1.68. The second-order valence-corrected chi connectivity index (χ2v) is 3.97. The van der Waals surface area contributed by atoms with Crippen molar-refractivity contribution < 1.29 is 23.9 Å². The fraction of sp³-hybridized carbons (Fsp3) is 0.778. The van der Waals surface area contributed by atoms with Gasteiger partial charge in [-0.3, -0.25) is 9.63 Å². The standard InChI is InChI=1S/C9H11NO5/c1-13-9(12)7-5-6-4(14-8(5)11)2-3-10(6)15-7/h4-7H,2-3H2,1H3. The van der Waals surface area contributed by atoms with Crippen LogP contribution in [-0.4, -0.2) is 48.9 Å². The third-order valence-corrected chi connectivity index (χ3v) is 3.26. The zero-order chi connectivity index (χ0) is 10.6. The molecule has 4 unspecified atom stereocenters. The zero-order valence-electron chi connectivity index (χ0n) is 8.21. The summed E-state index contributed by atoms with van der Waals surface area (Å²) in [5.41, 5.74) is 0. The molecular weight excluding hydrogens is 202 g/mol. The average Bonchev–Trinajstić information content (AvgIpc) is 2.83. The molecule has 0 spiro atoms. The van der Waals surface area contributed by atoms with Crippen LogP contribution in [0.1, 0.15) is 6.42 Å². The molecule has 0 aromatic heterocycles. The van der Waals surface area contributed by atoms with E-state index in [1.807, 2.05) is 0 Å². The minimum absolute atomic E-state index is 0.0957. The van der Waals surface area contributed by atoms with Gasteiger partial charge in [0, 0.05) is 13.0 Å². The van der Waals surface area contributed by atoms with Gasteiger partial charge in [0.05, 0.1) is 13.2 Å². The SMILES string of the molecule is COC(=O)C1ON2CCC3OC(=O)C1C32. The fourth-order valence-electron chi connectivity index (χ4n) is 2.61. The number of hydroxylamine groups is 2. The van der Waals surface area contributed by atoms with Gasteiger partial charge in [0.1, 0.15) is 12.0 Å². The van der Waals surface area contributed by atoms with E-state index in [1.54, 1.807) is 5.06 Å². The number of carbonyl (C=O) groups is 2. The Morgan fingerprint density at radius 1 is 1.60 bits per heavy atom. The van der Waals surface area contributed by atoms with E-state index in [9.17, 15) is 9.59 Å². The highest BCUT2D eigenvalue weighted by atomic mass is 16.7. The summed E-state index contributed by atoms with van der Waals surface area (Å²) in [5.74, 6) is -1.36. The van der Waals surface area contributed by atoms with Gasteiger partial charge in [-0.2, -0.15) is 5.06 Å². The summed E-state index contributed by atoms with van der Waals surface area (Å²) in [6.45, 7) is 0.701. The van der Waals surface area contributed by atoms with Crippen LogP contribution in [0.15, 0.2) is 0 Å². The Bertz CT molecular complexity index is 330. The number of rotatable bonds is 1. The number of methoxy groups -OCH3 is 1. The molecule has 0 amide bonds. The van der Waals surface area contributed by atoms with Crippen molar-refractivity contribution in [2.24, 2.45) is 5.92 Å². The molecular formula is C9H11NO5. The van der Waals surface area contributed by atoms with E-state index in [4.69, 9.17) is 9.57 Å². The number of esters is 2. The summed E-state index contributed by atoms with van der Waals surface area (Å²) in [7, 11) is 1.28. The minimum Gasteiger partial charge on any atom is -0.467 e. The van der Waals surface area contributed by atoms with E-state index >= 15 is 0 Å². The molecule has 3 aliphatic rings. The summed E-state index contributed by atoms with van der Waals surface area (Å²) in [6.07, 6.45) is -0.157. The third-order valence-electron chi connectivity index (χ3n) is 3.26. The summed E-state index contributed by atoms with van der Waals surface area (Å²) in [4.78, 5) is 28.3. The van der Waals surface area contributed by atoms with Gasteiger partial charge in [0.15, 0.2) is 6.10 Å². The second kappa shape index (κ2) is 2.93. The molecule has 0 aromatic carbocycles. The topological polar surface area (TPSA) is 65.1 Å². The molecule has 0 bridgehead atoms. The molecule has 6 heteroatoms. The van der Waals surface area contributed by atoms with E-state index < -0.39 is 18.0 Å². The number of ether oxygens (including phenoxy) is 2. The molecule has 82 valence electrons. The molecule has 3 rings (SSSR count). The van der Waals surface area contributed by atoms with E-state index in [0.29, 0.717) is 6.54 Å². The lowest BCUT2D eigenvalue weighted by molar-refractivity contribution is -0.188. The van der Waals surface area contributed by atoms with Gasteiger partial charge >= 0.3 is 11.9 Å². The smallest absolute Gasteiger partial charge is 0.338 e. The van der Waals surface area contributed by atoms with Crippen molar-refractivity contribution in [3.63, 3.8) is 0 Å². The minimum atomic E-state index is -0.821. The molecule has 3 aliphatic heterocycles. The summed E-state index contributed by atoms with van der Waals surface area (Å²) < 4.78 is 9.78. The lowest BCUT2D eigenvalue weighted by atomic mass is 9.95. The molecule has 0 N–H and O–H groups in total. The van der Waals surface area contributed by atoms with Gasteiger partial charge in [-0.15, -0.1) is 0 Å². The normalized spacial score (nSPS) is 42.9. The highest BCUT2D eigenvalue weighted by Gasteiger charge is 2.62. The third kappa shape index (κ3) is 1.06. The van der Waals surface area contributed by atoms with Gasteiger partial charge in [-0.1, -0.05) is 0 Å².